The smallest absolute Gasteiger partial charge is 0.266 e. The van der Waals surface area contributed by atoms with E-state index in [-0.39, 0.29) is 21.6 Å². The maximum atomic E-state index is 12.6. The number of hydrogen-bond donors (Lipinski definition) is 1. The van der Waals surface area contributed by atoms with Crippen LogP contribution in [0.4, 0.5) is 8.78 Å². The highest BCUT2D eigenvalue weighted by atomic mass is 79.9. The van der Waals surface area contributed by atoms with Crippen LogP contribution in [0.25, 0.3) is 0 Å². The van der Waals surface area contributed by atoms with Crippen LogP contribution in [0.2, 0.25) is 0 Å². The Hall–Kier alpha value is -0.260. The van der Waals surface area contributed by atoms with Crippen molar-refractivity contribution in [3.05, 3.63) is 27.5 Å². The normalized spacial score (nSPS) is 11.0. The summed E-state index contributed by atoms with van der Waals surface area (Å²) in [4.78, 5) is 3.71. The Morgan fingerprint density at radius 1 is 1.57 bits per heavy atom. The first-order valence-electron chi connectivity index (χ1n) is 3.73. The molecule has 1 rings (SSSR count). The van der Waals surface area contributed by atoms with Gasteiger partial charge in [0.05, 0.1) is 23.7 Å². The zero-order valence-corrected chi connectivity index (χ0v) is 9.32. The van der Waals surface area contributed by atoms with Gasteiger partial charge < -0.3 is 5.11 Å². The molecule has 0 spiro atoms. The molecule has 0 bridgehead atoms. The Labute approximate surface area is 93.0 Å². The highest BCUT2D eigenvalue weighted by Crippen LogP contribution is 2.32. The van der Waals surface area contributed by atoms with Crippen LogP contribution in [0.3, 0.4) is 0 Å². The van der Waals surface area contributed by atoms with E-state index in [1.165, 1.54) is 6.20 Å². The molecule has 0 aliphatic rings. The van der Waals surface area contributed by atoms with E-state index in [0.29, 0.717) is 5.56 Å². The van der Waals surface area contributed by atoms with Crippen LogP contribution in [0.15, 0.2) is 10.7 Å². The fraction of sp³-hybridized carbons (Fsp3) is 0.375. The van der Waals surface area contributed by atoms with E-state index in [1.807, 2.05) is 0 Å². The third kappa shape index (κ3) is 2.21. The van der Waals surface area contributed by atoms with E-state index >= 15 is 0 Å². The van der Waals surface area contributed by atoms with E-state index in [0.717, 1.165) is 0 Å². The summed E-state index contributed by atoms with van der Waals surface area (Å²) in [6.45, 7) is -0.513. The largest absolute Gasteiger partial charge is 0.390 e. The van der Waals surface area contributed by atoms with E-state index in [2.05, 4.69) is 20.9 Å². The molecule has 1 aromatic rings. The number of rotatable bonds is 3. The Bertz CT molecular complexity index is 335. The van der Waals surface area contributed by atoms with Crippen LogP contribution >= 0.6 is 27.5 Å². The fourth-order valence-corrected chi connectivity index (χ4v) is 2.03. The van der Waals surface area contributed by atoms with Crippen LogP contribution in [0.5, 0.6) is 0 Å². The van der Waals surface area contributed by atoms with Crippen molar-refractivity contribution < 1.29 is 13.9 Å². The van der Waals surface area contributed by atoms with Gasteiger partial charge in [-0.3, -0.25) is 4.98 Å². The molecule has 0 aliphatic carbocycles. The molecule has 14 heavy (non-hydrogen) atoms. The molecule has 1 aromatic heterocycles. The van der Waals surface area contributed by atoms with E-state index in [9.17, 15) is 8.78 Å². The second-order valence-electron chi connectivity index (χ2n) is 2.55. The van der Waals surface area contributed by atoms with Crippen molar-refractivity contribution in [2.45, 2.75) is 18.9 Å². The molecule has 0 amide bonds. The Morgan fingerprint density at radius 3 is 2.64 bits per heavy atom. The van der Waals surface area contributed by atoms with Crippen molar-refractivity contribution in [1.82, 2.24) is 4.98 Å². The lowest BCUT2D eigenvalue weighted by Crippen LogP contribution is -2.02. The molecular weight excluding hydrogens is 279 g/mol. The van der Waals surface area contributed by atoms with Gasteiger partial charge in [0.2, 0.25) is 0 Å². The molecule has 0 aliphatic heterocycles. The van der Waals surface area contributed by atoms with Gasteiger partial charge in [-0.2, -0.15) is 0 Å². The molecule has 1 heterocycles. The molecule has 0 radical (unpaired) electrons. The van der Waals surface area contributed by atoms with Crippen LogP contribution in [0, 0.1) is 0 Å². The minimum Gasteiger partial charge on any atom is -0.390 e. The van der Waals surface area contributed by atoms with Gasteiger partial charge in [0.25, 0.3) is 6.43 Å². The van der Waals surface area contributed by atoms with Crippen molar-refractivity contribution in [2.75, 3.05) is 0 Å². The summed E-state index contributed by atoms with van der Waals surface area (Å²) in [7, 11) is 0. The molecule has 0 saturated heterocycles. The predicted molar refractivity (Wildman–Crippen MR) is 52.4 cm³/mol. The van der Waals surface area contributed by atoms with Gasteiger partial charge in [0.1, 0.15) is 0 Å². The third-order valence-corrected chi connectivity index (χ3v) is 2.94. The fourth-order valence-electron chi connectivity index (χ4n) is 1.02. The number of aromatic nitrogens is 1. The molecular formula is C8H7BrClF2NO. The van der Waals surface area contributed by atoms with Crippen molar-refractivity contribution >= 4 is 27.5 Å². The number of halogens is 4. The van der Waals surface area contributed by atoms with Gasteiger partial charge in [-0.05, 0) is 21.5 Å². The lowest BCUT2D eigenvalue weighted by molar-refractivity contribution is 0.145. The zero-order chi connectivity index (χ0) is 10.7. The first-order valence-corrected chi connectivity index (χ1v) is 5.05. The highest BCUT2D eigenvalue weighted by molar-refractivity contribution is 9.10. The maximum absolute atomic E-state index is 12.6. The van der Waals surface area contributed by atoms with Crippen LogP contribution in [-0.2, 0) is 12.5 Å². The van der Waals surface area contributed by atoms with Gasteiger partial charge in [0, 0.05) is 10.7 Å². The number of pyridine rings is 1. The summed E-state index contributed by atoms with van der Waals surface area (Å²) in [5.41, 5.74) is 0.172. The summed E-state index contributed by atoms with van der Waals surface area (Å²) in [6.07, 6.45) is -1.31. The van der Waals surface area contributed by atoms with Gasteiger partial charge >= 0.3 is 0 Å². The number of aliphatic hydroxyl groups excluding tert-OH is 1. The Morgan fingerprint density at radius 2 is 2.21 bits per heavy atom. The van der Waals surface area contributed by atoms with Gasteiger partial charge in [-0.25, -0.2) is 8.78 Å². The van der Waals surface area contributed by atoms with Crippen LogP contribution in [-0.4, -0.2) is 10.1 Å². The third-order valence-electron chi connectivity index (χ3n) is 1.72. The number of aliphatic hydroxyl groups is 1. The van der Waals surface area contributed by atoms with Crippen molar-refractivity contribution in [3.63, 3.8) is 0 Å². The monoisotopic (exact) mass is 285 g/mol. The minimum atomic E-state index is -2.68. The average Bonchev–Trinajstić information content (AvgIpc) is 2.16. The summed E-state index contributed by atoms with van der Waals surface area (Å²) in [5.74, 6) is 0.0962. The van der Waals surface area contributed by atoms with Crippen molar-refractivity contribution in [1.29, 1.82) is 0 Å². The quantitative estimate of drug-likeness (QED) is 0.867. The predicted octanol–water partition coefficient (Wildman–Crippen LogP) is 3.01. The van der Waals surface area contributed by atoms with Crippen LogP contribution in [0.1, 0.15) is 23.2 Å². The molecule has 78 valence electrons. The molecule has 1 N–H and O–H groups in total. The standard InChI is InChI=1S/C8H7BrClF2NO/c9-7-4(1-10)2-13-5(3-14)6(7)8(11)12/h2,8,14H,1,3H2. The SMILES string of the molecule is OCc1ncc(CCl)c(Br)c1C(F)F. The molecule has 6 heteroatoms. The van der Waals surface area contributed by atoms with Crippen molar-refractivity contribution in [3.8, 4) is 0 Å². The summed E-state index contributed by atoms with van der Waals surface area (Å²) in [5, 5.41) is 8.81. The van der Waals surface area contributed by atoms with Gasteiger partial charge in [-0.1, -0.05) is 0 Å². The summed E-state index contributed by atoms with van der Waals surface area (Å²) in [6, 6.07) is 0. The second kappa shape index (κ2) is 5.00. The number of alkyl halides is 3. The molecule has 0 saturated carbocycles. The van der Waals surface area contributed by atoms with E-state index in [1.54, 1.807) is 0 Å². The van der Waals surface area contributed by atoms with Crippen LogP contribution < -0.4 is 0 Å². The number of nitrogens with zero attached hydrogens (tertiary/aromatic N) is 1. The molecule has 2 nitrogen and oxygen atoms in total. The minimum absolute atomic E-state index is 0.0271. The maximum Gasteiger partial charge on any atom is 0.266 e. The Kier molecular flexibility index (Phi) is 4.22. The van der Waals surface area contributed by atoms with Crippen molar-refractivity contribution in [2.24, 2.45) is 0 Å². The first-order chi connectivity index (χ1) is 6.61. The highest BCUT2D eigenvalue weighted by Gasteiger charge is 2.19. The topological polar surface area (TPSA) is 33.1 Å². The lowest BCUT2D eigenvalue weighted by atomic mass is 10.1. The second-order valence-corrected chi connectivity index (χ2v) is 3.61. The lowest BCUT2D eigenvalue weighted by Gasteiger charge is -2.10. The zero-order valence-electron chi connectivity index (χ0n) is 6.98. The number of hydrogen-bond acceptors (Lipinski definition) is 2. The van der Waals surface area contributed by atoms with E-state index in [4.69, 9.17) is 16.7 Å². The average molecular weight is 287 g/mol. The summed E-state index contributed by atoms with van der Waals surface area (Å²) >= 11 is 8.55. The molecule has 0 atom stereocenters. The Balaban J connectivity index is 3.31. The molecule has 0 aromatic carbocycles. The van der Waals surface area contributed by atoms with Gasteiger partial charge in [-0.15, -0.1) is 11.6 Å². The molecule has 0 fully saturated rings. The van der Waals surface area contributed by atoms with E-state index < -0.39 is 13.0 Å². The molecule has 0 unspecified atom stereocenters. The first kappa shape index (κ1) is 11.8. The summed E-state index contributed by atoms with van der Waals surface area (Å²) < 4.78 is 25.4. The van der Waals surface area contributed by atoms with Gasteiger partial charge in [0.15, 0.2) is 0 Å².